The summed E-state index contributed by atoms with van der Waals surface area (Å²) in [6, 6.07) is 12.2. The molecule has 3 aromatic rings. The molecule has 0 spiro atoms. The number of rotatable bonds is 7. The second-order valence-corrected chi connectivity index (χ2v) is 6.71. The summed E-state index contributed by atoms with van der Waals surface area (Å²) < 4.78 is 23.4. The third-order valence-corrected chi connectivity index (χ3v) is 4.64. The number of carbonyl (C=O) groups is 2. The Morgan fingerprint density at radius 2 is 1.96 bits per heavy atom. The highest BCUT2D eigenvalue weighted by molar-refractivity contribution is 7.18. The van der Waals surface area contributed by atoms with Gasteiger partial charge in [-0.15, -0.1) is 11.3 Å². The van der Waals surface area contributed by atoms with Crippen LogP contribution in [0.15, 0.2) is 59.2 Å². The van der Waals surface area contributed by atoms with Crippen LogP contribution in [0, 0.1) is 5.82 Å². The summed E-state index contributed by atoms with van der Waals surface area (Å²) in [6.45, 7) is 0.642. The highest BCUT2D eigenvalue weighted by Gasteiger charge is 2.16. The molecule has 1 aromatic carbocycles. The molecule has 0 saturated carbocycles. The van der Waals surface area contributed by atoms with Crippen molar-refractivity contribution in [3.05, 3.63) is 71.2 Å². The molecule has 140 valence electrons. The minimum atomic E-state index is -0.373. The van der Waals surface area contributed by atoms with Gasteiger partial charge in [-0.05, 0) is 48.5 Å². The Kier molecular flexibility index (Phi) is 5.87. The Morgan fingerprint density at radius 1 is 1.19 bits per heavy atom. The summed E-state index contributed by atoms with van der Waals surface area (Å²) >= 11 is 1.18. The Balaban J connectivity index is 1.50. The molecule has 1 N–H and O–H groups in total. The first-order valence-electron chi connectivity index (χ1n) is 8.11. The van der Waals surface area contributed by atoms with Gasteiger partial charge >= 0.3 is 0 Å². The normalized spacial score (nSPS) is 10.4. The molecule has 3 rings (SSSR count). The van der Waals surface area contributed by atoms with Crippen molar-refractivity contribution in [2.24, 2.45) is 0 Å². The lowest BCUT2D eigenvalue weighted by molar-refractivity contribution is 0.0778. The van der Waals surface area contributed by atoms with E-state index in [1.165, 1.54) is 46.8 Å². The molecule has 0 saturated heterocycles. The molecular formula is C19H17FN2O4S. The molecule has 0 fully saturated rings. The van der Waals surface area contributed by atoms with Gasteiger partial charge in [-0.25, -0.2) is 4.39 Å². The zero-order chi connectivity index (χ0) is 19.2. The molecule has 0 atom stereocenters. The van der Waals surface area contributed by atoms with E-state index >= 15 is 0 Å². The van der Waals surface area contributed by atoms with Crippen LogP contribution in [0.4, 0.5) is 9.39 Å². The Labute approximate surface area is 159 Å². The number of benzene rings is 1. The molecule has 8 heteroatoms. The lowest BCUT2D eigenvalue weighted by atomic mass is 10.3. The number of halogens is 1. The average Bonchev–Trinajstić information content (AvgIpc) is 3.34. The van der Waals surface area contributed by atoms with E-state index in [0.29, 0.717) is 22.2 Å². The second kappa shape index (κ2) is 8.50. The van der Waals surface area contributed by atoms with E-state index in [9.17, 15) is 14.0 Å². The number of hydrogen-bond donors (Lipinski definition) is 1. The van der Waals surface area contributed by atoms with Crippen LogP contribution in [-0.2, 0) is 0 Å². The monoisotopic (exact) mass is 388 g/mol. The van der Waals surface area contributed by atoms with E-state index in [2.05, 4.69) is 5.32 Å². The predicted molar refractivity (Wildman–Crippen MR) is 99.8 cm³/mol. The smallest absolute Gasteiger partial charge is 0.291 e. The first kappa shape index (κ1) is 18.7. The molecule has 0 unspecified atom stereocenters. The van der Waals surface area contributed by atoms with Crippen LogP contribution in [-0.4, -0.2) is 36.9 Å². The third-order valence-electron chi connectivity index (χ3n) is 3.65. The van der Waals surface area contributed by atoms with Gasteiger partial charge in [0.1, 0.15) is 18.2 Å². The summed E-state index contributed by atoms with van der Waals surface area (Å²) in [5.41, 5.74) is 0. The molecule has 6 nitrogen and oxygen atoms in total. The van der Waals surface area contributed by atoms with Gasteiger partial charge in [-0.1, -0.05) is 0 Å². The third kappa shape index (κ3) is 4.95. The van der Waals surface area contributed by atoms with Crippen molar-refractivity contribution in [2.45, 2.75) is 0 Å². The largest absolute Gasteiger partial charge is 0.492 e. The summed E-state index contributed by atoms with van der Waals surface area (Å²) in [5, 5.41) is 3.24. The van der Waals surface area contributed by atoms with Gasteiger partial charge in [0.25, 0.3) is 11.8 Å². The lowest BCUT2D eigenvalue weighted by Crippen LogP contribution is -2.30. The minimum absolute atomic E-state index is 0.179. The minimum Gasteiger partial charge on any atom is -0.492 e. The molecule has 0 radical (unpaired) electrons. The molecule has 2 heterocycles. The van der Waals surface area contributed by atoms with Crippen molar-refractivity contribution in [3.8, 4) is 5.75 Å². The van der Waals surface area contributed by atoms with Crippen molar-refractivity contribution < 1.29 is 23.1 Å². The lowest BCUT2D eigenvalue weighted by Gasteiger charge is -2.16. The zero-order valence-corrected chi connectivity index (χ0v) is 15.3. The Morgan fingerprint density at radius 3 is 2.67 bits per heavy atom. The number of nitrogens with zero attached hydrogens (tertiary/aromatic N) is 1. The number of likely N-dealkylation sites (N-methyl/N-ethyl adjacent to an activating group) is 1. The van der Waals surface area contributed by atoms with Crippen LogP contribution in [0.1, 0.15) is 20.2 Å². The first-order valence-corrected chi connectivity index (χ1v) is 8.93. The van der Waals surface area contributed by atoms with E-state index < -0.39 is 0 Å². The van der Waals surface area contributed by atoms with Gasteiger partial charge in [0.2, 0.25) is 0 Å². The zero-order valence-electron chi connectivity index (χ0n) is 14.5. The Bertz CT molecular complexity index is 906. The topological polar surface area (TPSA) is 71.8 Å². The summed E-state index contributed by atoms with van der Waals surface area (Å²) in [5.74, 6) is -0.145. The SMILES string of the molecule is CN(CCOc1ccc(F)cc1)C(=O)c1ccc(NC(=O)c2ccco2)s1. The van der Waals surface area contributed by atoms with Crippen molar-refractivity contribution in [3.63, 3.8) is 0 Å². The van der Waals surface area contributed by atoms with Gasteiger partial charge in [-0.3, -0.25) is 9.59 Å². The molecule has 27 heavy (non-hydrogen) atoms. The predicted octanol–water partition coefficient (Wildman–Crippen LogP) is 3.88. The molecule has 2 amide bonds. The van der Waals surface area contributed by atoms with Gasteiger partial charge in [0.05, 0.1) is 22.7 Å². The second-order valence-electron chi connectivity index (χ2n) is 5.62. The van der Waals surface area contributed by atoms with E-state index in [-0.39, 0.29) is 30.0 Å². The highest BCUT2D eigenvalue weighted by Crippen LogP contribution is 2.23. The standard InChI is InChI=1S/C19H17FN2O4S/c1-22(10-12-25-14-6-4-13(20)5-7-14)19(24)16-8-9-17(27-16)21-18(23)15-3-2-11-26-15/h2-9,11H,10,12H2,1H3,(H,21,23). The molecule has 0 bridgehead atoms. The number of hydrogen-bond acceptors (Lipinski definition) is 5. The van der Waals surface area contributed by atoms with Gasteiger partial charge in [0.15, 0.2) is 5.76 Å². The van der Waals surface area contributed by atoms with Crippen LogP contribution in [0.3, 0.4) is 0 Å². The fraction of sp³-hybridized carbons (Fsp3) is 0.158. The van der Waals surface area contributed by atoms with Crippen LogP contribution in [0.2, 0.25) is 0 Å². The van der Waals surface area contributed by atoms with Crippen LogP contribution in [0.25, 0.3) is 0 Å². The van der Waals surface area contributed by atoms with Crippen molar-refractivity contribution in [1.29, 1.82) is 0 Å². The van der Waals surface area contributed by atoms with Crippen LogP contribution >= 0.6 is 11.3 Å². The van der Waals surface area contributed by atoms with E-state index in [1.807, 2.05) is 0 Å². The average molecular weight is 388 g/mol. The van der Waals surface area contributed by atoms with E-state index in [4.69, 9.17) is 9.15 Å². The maximum atomic E-state index is 12.9. The molecule has 0 aliphatic rings. The quantitative estimate of drug-likeness (QED) is 0.667. The number of nitrogens with one attached hydrogen (secondary N) is 1. The maximum Gasteiger partial charge on any atom is 0.291 e. The van der Waals surface area contributed by atoms with E-state index in [0.717, 1.165) is 0 Å². The molecule has 0 aliphatic heterocycles. The molecule has 0 aliphatic carbocycles. The van der Waals surface area contributed by atoms with Crippen molar-refractivity contribution >= 4 is 28.2 Å². The fourth-order valence-corrected chi connectivity index (χ4v) is 3.12. The van der Waals surface area contributed by atoms with Gasteiger partial charge in [-0.2, -0.15) is 0 Å². The number of thiophene rings is 1. The highest BCUT2D eigenvalue weighted by atomic mass is 32.1. The number of carbonyl (C=O) groups excluding carboxylic acids is 2. The van der Waals surface area contributed by atoms with Crippen LogP contribution in [0.5, 0.6) is 5.75 Å². The molecular weight excluding hydrogens is 371 g/mol. The number of furan rings is 1. The summed E-state index contributed by atoms with van der Waals surface area (Å²) in [6.07, 6.45) is 1.42. The number of ether oxygens (including phenoxy) is 1. The first-order chi connectivity index (χ1) is 13.0. The molecule has 2 aromatic heterocycles. The summed E-state index contributed by atoms with van der Waals surface area (Å²) in [4.78, 5) is 26.4. The van der Waals surface area contributed by atoms with E-state index in [1.54, 1.807) is 31.3 Å². The van der Waals surface area contributed by atoms with Crippen molar-refractivity contribution in [2.75, 3.05) is 25.5 Å². The summed E-state index contributed by atoms with van der Waals surface area (Å²) in [7, 11) is 1.66. The number of anilines is 1. The van der Waals surface area contributed by atoms with Crippen molar-refractivity contribution in [1.82, 2.24) is 4.90 Å². The van der Waals surface area contributed by atoms with Crippen LogP contribution < -0.4 is 10.1 Å². The van der Waals surface area contributed by atoms with Gasteiger partial charge in [0, 0.05) is 7.05 Å². The maximum absolute atomic E-state index is 12.9. The number of amides is 2. The fourth-order valence-electron chi connectivity index (χ4n) is 2.22. The Hall–Kier alpha value is -3.13. The van der Waals surface area contributed by atoms with Gasteiger partial charge < -0.3 is 19.4 Å².